The van der Waals surface area contributed by atoms with Crippen LogP contribution in [0.5, 0.6) is 0 Å². The molecule has 1 N–H and O–H groups in total. The van der Waals surface area contributed by atoms with E-state index in [2.05, 4.69) is 21.2 Å². The second-order valence-electron chi connectivity index (χ2n) is 5.33. The molecule has 0 aliphatic carbocycles. The third kappa shape index (κ3) is 4.57. The van der Waals surface area contributed by atoms with Crippen molar-refractivity contribution in [1.82, 2.24) is 10.2 Å². The number of amides is 2. The van der Waals surface area contributed by atoms with Gasteiger partial charge in [-0.15, -0.1) is 0 Å². The summed E-state index contributed by atoms with van der Waals surface area (Å²) in [5, 5.41) is 11.3. The van der Waals surface area contributed by atoms with Gasteiger partial charge < -0.3 is 10.2 Å². The molecule has 22 heavy (non-hydrogen) atoms. The summed E-state index contributed by atoms with van der Waals surface area (Å²) in [6.45, 7) is 1.28. The van der Waals surface area contributed by atoms with Gasteiger partial charge in [-0.1, -0.05) is 34.1 Å². The van der Waals surface area contributed by atoms with E-state index in [0.29, 0.717) is 19.5 Å². The van der Waals surface area contributed by atoms with E-state index in [4.69, 9.17) is 5.26 Å². The Labute approximate surface area is 138 Å². The highest BCUT2D eigenvalue weighted by Crippen LogP contribution is 2.18. The van der Waals surface area contributed by atoms with Gasteiger partial charge in [0, 0.05) is 23.6 Å². The molecule has 1 heterocycles. The minimum Gasteiger partial charge on any atom is -0.352 e. The molecule has 6 heteroatoms. The Balaban J connectivity index is 1.81. The number of carbonyl (C=O) groups excluding carboxylic acids is 2. The van der Waals surface area contributed by atoms with Crippen LogP contribution in [0.4, 0.5) is 0 Å². The average molecular weight is 364 g/mol. The summed E-state index contributed by atoms with van der Waals surface area (Å²) in [6, 6.07) is 9.62. The van der Waals surface area contributed by atoms with Crippen LogP contribution >= 0.6 is 15.9 Å². The number of piperidine rings is 1. The van der Waals surface area contributed by atoms with Crippen molar-refractivity contribution < 1.29 is 9.59 Å². The highest BCUT2D eigenvalue weighted by molar-refractivity contribution is 9.10. The van der Waals surface area contributed by atoms with Crippen LogP contribution in [0.2, 0.25) is 0 Å². The van der Waals surface area contributed by atoms with Gasteiger partial charge >= 0.3 is 0 Å². The summed E-state index contributed by atoms with van der Waals surface area (Å²) >= 11 is 3.46. The van der Waals surface area contributed by atoms with E-state index >= 15 is 0 Å². The highest BCUT2D eigenvalue weighted by Gasteiger charge is 2.24. The Kier molecular flexibility index (Phi) is 5.96. The second-order valence-corrected chi connectivity index (χ2v) is 6.18. The molecule has 1 aromatic rings. The Morgan fingerprint density at radius 1 is 1.32 bits per heavy atom. The van der Waals surface area contributed by atoms with Crippen LogP contribution in [-0.4, -0.2) is 35.8 Å². The Morgan fingerprint density at radius 3 is 2.64 bits per heavy atom. The van der Waals surface area contributed by atoms with Gasteiger partial charge in [-0.3, -0.25) is 9.59 Å². The molecule has 5 nitrogen and oxygen atoms in total. The lowest BCUT2D eigenvalue weighted by Crippen LogP contribution is -2.46. The summed E-state index contributed by atoms with van der Waals surface area (Å²) in [7, 11) is 0. The fourth-order valence-corrected chi connectivity index (χ4v) is 2.97. The lowest BCUT2D eigenvalue weighted by atomic mass is 10.0. The van der Waals surface area contributed by atoms with Crippen molar-refractivity contribution in [3.8, 4) is 6.07 Å². The molecule has 2 rings (SSSR count). The molecule has 1 saturated heterocycles. The number of benzene rings is 1. The Bertz CT molecular complexity index is 589. The largest absolute Gasteiger partial charge is 0.352 e. The summed E-state index contributed by atoms with van der Waals surface area (Å²) < 4.78 is 0.946. The van der Waals surface area contributed by atoms with Crippen LogP contribution < -0.4 is 5.32 Å². The average Bonchev–Trinajstić information content (AvgIpc) is 2.50. The minimum atomic E-state index is -0.236. The highest BCUT2D eigenvalue weighted by atomic mass is 79.9. The van der Waals surface area contributed by atoms with E-state index in [1.54, 1.807) is 0 Å². The summed E-state index contributed by atoms with van der Waals surface area (Å²) in [6.07, 6.45) is 1.74. The van der Waals surface area contributed by atoms with Crippen LogP contribution in [0.3, 0.4) is 0 Å². The Hall–Kier alpha value is -1.87. The van der Waals surface area contributed by atoms with Crippen LogP contribution in [0.15, 0.2) is 28.7 Å². The molecule has 1 aliphatic rings. The molecule has 0 spiro atoms. The van der Waals surface area contributed by atoms with E-state index < -0.39 is 0 Å². The van der Waals surface area contributed by atoms with Crippen molar-refractivity contribution in [3.63, 3.8) is 0 Å². The molecule has 0 bridgehead atoms. The topological polar surface area (TPSA) is 73.2 Å². The van der Waals surface area contributed by atoms with Crippen LogP contribution in [0, 0.1) is 11.3 Å². The van der Waals surface area contributed by atoms with Gasteiger partial charge in [0.1, 0.15) is 6.42 Å². The van der Waals surface area contributed by atoms with Gasteiger partial charge in [0.25, 0.3) is 0 Å². The number of carbonyl (C=O) groups is 2. The predicted molar refractivity (Wildman–Crippen MR) is 85.8 cm³/mol. The molecular formula is C16H18BrN3O2. The molecule has 1 aliphatic heterocycles. The first-order valence-corrected chi connectivity index (χ1v) is 8.07. The SMILES string of the molecule is N#CCC(=O)NC1CCN(C(=O)Cc2ccccc2Br)CC1. The minimum absolute atomic E-state index is 0.0633. The number of likely N-dealkylation sites (tertiary alicyclic amines) is 1. The zero-order valence-corrected chi connectivity index (χ0v) is 13.8. The molecule has 0 radical (unpaired) electrons. The van der Waals surface area contributed by atoms with E-state index in [1.807, 2.05) is 35.2 Å². The van der Waals surface area contributed by atoms with Crippen molar-refractivity contribution in [3.05, 3.63) is 34.3 Å². The third-order valence-corrected chi connectivity index (χ3v) is 4.53. The van der Waals surface area contributed by atoms with E-state index in [1.165, 1.54) is 0 Å². The van der Waals surface area contributed by atoms with Gasteiger partial charge in [-0.25, -0.2) is 0 Å². The molecule has 0 unspecified atom stereocenters. The van der Waals surface area contributed by atoms with Gasteiger partial charge in [0.05, 0.1) is 12.5 Å². The maximum atomic E-state index is 12.3. The normalized spacial score (nSPS) is 15.2. The number of hydrogen-bond acceptors (Lipinski definition) is 3. The number of rotatable bonds is 4. The quantitative estimate of drug-likeness (QED) is 0.888. The lowest BCUT2D eigenvalue weighted by Gasteiger charge is -2.32. The van der Waals surface area contributed by atoms with Crippen LogP contribution in [0.25, 0.3) is 0 Å². The number of halogens is 1. The Morgan fingerprint density at radius 2 is 2.00 bits per heavy atom. The first-order chi connectivity index (χ1) is 10.6. The van der Waals surface area contributed by atoms with E-state index in [9.17, 15) is 9.59 Å². The summed E-state index contributed by atoms with van der Waals surface area (Å²) in [4.78, 5) is 25.6. The van der Waals surface area contributed by atoms with E-state index in [0.717, 1.165) is 22.9 Å². The van der Waals surface area contributed by atoms with Crippen molar-refractivity contribution in [2.24, 2.45) is 0 Å². The fraction of sp³-hybridized carbons (Fsp3) is 0.438. The van der Waals surface area contributed by atoms with Crippen LogP contribution in [-0.2, 0) is 16.0 Å². The maximum Gasteiger partial charge on any atom is 0.234 e. The van der Waals surface area contributed by atoms with Crippen molar-refractivity contribution in [2.45, 2.75) is 31.7 Å². The molecule has 116 valence electrons. The standard InChI is InChI=1S/C16H18BrN3O2/c17-14-4-2-1-3-12(14)11-16(22)20-9-6-13(7-10-20)19-15(21)5-8-18/h1-4,13H,5-7,9-11H2,(H,19,21). The van der Waals surface area contributed by atoms with Crippen molar-refractivity contribution in [2.75, 3.05) is 13.1 Å². The molecule has 1 aromatic carbocycles. The van der Waals surface area contributed by atoms with Crippen molar-refractivity contribution >= 4 is 27.7 Å². The number of nitriles is 1. The molecule has 0 saturated carbocycles. The van der Waals surface area contributed by atoms with Crippen LogP contribution in [0.1, 0.15) is 24.8 Å². The van der Waals surface area contributed by atoms with Gasteiger partial charge in [0.15, 0.2) is 0 Å². The molecular weight excluding hydrogens is 346 g/mol. The van der Waals surface area contributed by atoms with Gasteiger partial charge in [0.2, 0.25) is 11.8 Å². The monoisotopic (exact) mass is 363 g/mol. The maximum absolute atomic E-state index is 12.3. The summed E-state index contributed by atoms with van der Waals surface area (Å²) in [5.74, 6) is -0.130. The zero-order valence-electron chi connectivity index (χ0n) is 12.2. The number of nitrogens with zero attached hydrogens (tertiary/aromatic N) is 2. The second kappa shape index (κ2) is 7.95. The van der Waals surface area contributed by atoms with Gasteiger partial charge in [-0.05, 0) is 24.5 Å². The third-order valence-electron chi connectivity index (χ3n) is 3.75. The molecule has 0 atom stereocenters. The smallest absolute Gasteiger partial charge is 0.234 e. The molecule has 1 fully saturated rings. The van der Waals surface area contributed by atoms with Gasteiger partial charge in [-0.2, -0.15) is 5.26 Å². The molecule has 0 aromatic heterocycles. The first kappa shape index (κ1) is 16.5. The predicted octanol–water partition coefficient (Wildman–Crippen LogP) is 2.01. The fourth-order valence-electron chi connectivity index (χ4n) is 2.54. The van der Waals surface area contributed by atoms with Crippen molar-refractivity contribution in [1.29, 1.82) is 5.26 Å². The number of nitrogens with one attached hydrogen (secondary N) is 1. The molecule has 2 amide bonds. The number of hydrogen-bond donors (Lipinski definition) is 1. The zero-order chi connectivity index (χ0) is 15.9. The van der Waals surface area contributed by atoms with E-state index in [-0.39, 0.29) is 24.3 Å². The first-order valence-electron chi connectivity index (χ1n) is 7.27. The lowest BCUT2D eigenvalue weighted by molar-refractivity contribution is -0.131. The summed E-state index contributed by atoms with van der Waals surface area (Å²) in [5.41, 5.74) is 0.983.